The minimum atomic E-state index is -0.0266. The van der Waals surface area contributed by atoms with Crippen LogP contribution in [0.15, 0.2) is 29.6 Å². The van der Waals surface area contributed by atoms with E-state index in [9.17, 15) is 4.79 Å². The third-order valence-corrected chi connectivity index (χ3v) is 4.49. The maximum atomic E-state index is 12.8. The fourth-order valence-corrected chi connectivity index (χ4v) is 3.14. The Morgan fingerprint density at radius 1 is 1.30 bits per heavy atom. The second kappa shape index (κ2) is 8.79. The number of hydrogen-bond acceptors (Lipinski definition) is 4. The second-order valence-corrected chi connectivity index (χ2v) is 6.52. The Morgan fingerprint density at radius 3 is 2.70 bits per heavy atom. The number of carbonyl (C=O) groups is 1. The Labute approximate surface area is 142 Å². The molecule has 1 amide bonds. The van der Waals surface area contributed by atoms with Gasteiger partial charge in [-0.05, 0) is 25.3 Å². The van der Waals surface area contributed by atoms with Crippen molar-refractivity contribution in [2.45, 2.75) is 33.2 Å². The number of rotatable bonds is 8. The lowest BCUT2D eigenvalue weighted by atomic mass is 10.1. The summed E-state index contributed by atoms with van der Waals surface area (Å²) in [5.74, 6) is -0.0266. The molecule has 1 aromatic heterocycles. The molecule has 23 heavy (non-hydrogen) atoms. The quantitative estimate of drug-likeness (QED) is 0.740. The van der Waals surface area contributed by atoms with Gasteiger partial charge in [0.15, 0.2) is 0 Å². The van der Waals surface area contributed by atoms with Crippen molar-refractivity contribution in [3.63, 3.8) is 0 Å². The monoisotopic (exact) mass is 332 g/mol. The van der Waals surface area contributed by atoms with Gasteiger partial charge in [-0.15, -0.1) is 11.3 Å². The zero-order chi connectivity index (χ0) is 16.7. The summed E-state index contributed by atoms with van der Waals surface area (Å²) in [5.41, 5.74) is 2.87. The third kappa shape index (κ3) is 5.15. The summed E-state index contributed by atoms with van der Waals surface area (Å²) < 4.78 is 5.15. The van der Waals surface area contributed by atoms with Crippen molar-refractivity contribution in [2.75, 3.05) is 20.3 Å². The number of ether oxygens (including phenoxy) is 1. The van der Waals surface area contributed by atoms with Gasteiger partial charge in [-0.2, -0.15) is 0 Å². The largest absolute Gasteiger partial charge is 0.383 e. The number of methoxy groups -OCH3 is 1. The summed E-state index contributed by atoms with van der Waals surface area (Å²) >= 11 is 1.56. The fourth-order valence-electron chi connectivity index (χ4n) is 2.27. The maximum Gasteiger partial charge on any atom is 0.273 e. The summed E-state index contributed by atoms with van der Waals surface area (Å²) in [6.07, 6.45) is 1.96. The van der Waals surface area contributed by atoms with Crippen LogP contribution in [0.1, 0.15) is 40.0 Å². The molecule has 0 bridgehead atoms. The first-order chi connectivity index (χ1) is 11.1. The minimum Gasteiger partial charge on any atom is -0.383 e. The van der Waals surface area contributed by atoms with Gasteiger partial charge < -0.3 is 9.64 Å². The van der Waals surface area contributed by atoms with Crippen LogP contribution in [-0.4, -0.2) is 36.1 Å². The van der Waals surface area contributed by atoms with Crippen LogP contribution in [0.3, 0.4) is 0 Å². The molecule has 1 aromatic carbocycles. The van der Waals surface area contributed by atoms with E-state index in [1.807, 2.05) is 5.38 Å². The van der Waals surface area contributed by atoms with E-state index in [0.717, 1.165) is 23.4 Å². The van der Waals surface area contributed by atoms with Gasteiger partial charge in [-0.3, -0.25) is 4.79 Å². The van der Waals surface area contributed by atoms with E-state index in [2.05, 4.69) is 43.1 Å². The van der Waals surface area contributed by atoms with Gasteiger partial charge in [0.25, 0.3) is 5.91 Å². The summed E-state index contributed by atoms with van der Waals surface area (Å²) in [4.78, 5) is 19.0. The third-order valence-electron chi connectivity index (χ3n) is 3.58. The first-order valence-corrected chi connectivity index (χ1v) is 8.80. The number of aryl methyl sites for hydroxylation is 2. The van der Waals surface area contributed by atoms with Gasteiger partial charge in [0.1, 0.15) is 5.69 Å². The lowest BCUT2D eigenvalue weighted by molar-refractivity contribution is 0.0675. The molecule has 0 aliphatic rings. The molecule has 2 rings (SSSR count). The molecular formula is C18H24N2O2S. The van der Waals surface area contributed by atoms with Gasteiger partial charge in [0.2, 0.25) is 0 Å². The highest BCUT2D eigenvalue weighted by Gasteiger charge is 2.19. The van der Waals surface area contributed by atoms with Gasteiger partial charge in [-0.1, -0.05) is 36.8 Å². The highest BCUT2D eigenvalue weighted by atomic mass is 32.1. The number of hydrogen-bond donors (Lipinski definition) is 0. The van der Waals surface area contributed by atoms with Crippen LogP contribution >= 0.6 is 11.3 Å². The molecule has 4 nitrogen and oxygen atoms in total. The average Bonchev–Trinajstić information content (AvgIpc) is 3.01. The van der Waals surface area contributed by atoms with Gasteiger partial charge >= 0.3 is 0 Å². The highest BCUT2D eigenvalue weighted by molar-refractivity contribution is 7.09. The summed E-state index contributed by atoms with van der Waals surface area (Å²) in [7, 11) is 1.65. The molecule has 0 spiro atoms. The van der Waals surface area contributed by atoms with Crippen molar-refractivity contribution >= 4 is 17.2 Å². The van der Waals surface area contributed by atoms with Gasteiger partial charge in [0.05, 0.1) is 11.6 Å². The molecule has 2 aromatic rings. The van der Waals surface area contributed by atoms with E-state index in [4.69, 9.17) is 4.74 Å². The number of thiazole rings is 1. The molecule has 0 fully saturated rings. The van der Waals surface area contributed by atoms with Crippen LogP contribution in [0.25, 0.3) is 0 Å². The predicted molar refractivity (Wildman–Crippen MR) is 93.9 cm³/mol. The number of benzene rings is 1. The summed E-state index contributed by atoms with van der Waals surface area (Å²) in [6, 6.07) is 8.25. The lowest BCUT2D eigenvalue weighted by Gasteiger charge is -2.21. The second-order valence-electron chi connectivity index (χ2n) is 5.58. The molecule has 0 radical (unpaired) electrons. The van der Waals surface area contributed by atoms with Crippen molar-refractivity contribution in [2.24, 2.45) is 0 Å². The Hall–Kier alpha value is -1.72. The molecule has 0 aliphatic carbocycles. The number of nitrogens with zero attached hydrogens (tertiary/aromatic N) is 2. The van der Waals surface area contributed by atoms with Crippen molar-refractivity contribution in [1.29, 1.82) is 0 Å². The Kier molecular flexibility index (Phi) is 6.74. The van der Waals surface area contributed by atoms with Crippen molar-refractivity contribution in [1.82, 2.24) is 9.88 Å². The number of amides is 1. The van der Waals surface area contributed by atoms with Gasteiger partial charge in [0, 0.05) is 25.6 Å². The average molecular weight is 332 g/mol. The van der Waals surface area contributed by atoms with E-state index in [0.29, 0.717) is 25.4 Å². The molecule has 0 N–H and O–H groups in total. The standard InChI is InChI=1S/C18H24N2O2S/c1-4-5-17-19-16(13-23-17)18(21)20(10-11-22-3)12-15-8-6-14(2)7-9-15/h6-9,13H,4-5,10-12H2,1-3H3. The predicted octanol–water partition coefficient (Wildman–Crippen LogP) is 3.69. The zero-order valence-electron chi connectivity index (χ0n) is 14.0. The minimum absolute atomic E-state index is 0.0266. The van der Waals surface area contributed by atoms with Crippen molar-refractivity contribution < 1.29 is 9.53 Å². The lowest BCUT2D eigenvalue weighted by Crippen LogP contribution is -2.33. The van der Waals surface area contributed by atoms with E-state index >= 15 is 0 Å². The molecule has 0 saturated carbocycles. The molecule has 1 heterocycles. The molecule has 0 unspecified atom stereocenters. The number of carbonyl (C=O) groups excluding carboxylic acids is 1. The molecule has 5 heteroatoms. The highest BCUT2D eigenvalue weighted by Crippen LogP contribution is 2.15. The van der Waals surface area contributed by atoms with Crippen LogP contribution < -0.4 is 0 Å². The molecule has 124 valence electrons. The van der Waals surface area contributed by atoms with Crippen LogP contribution in [0.4, 0.5) is 0 Å². The fraction of sp³-hybridized carbons (Fsp3) is 0.444. The van der Waals surface area contributed by atoms with Crippen LogP contribution in [0.5, 0.6) is 0 Å². The van der Waals surface area contributed by atoms with E-state index < -0.39 is 0 Å². The summed E-state index contributed by atoms with van der Waals surface area (Å²) in [6.45, 7) is 5.82. The molecular weight excluding hydrogens is 308 g/mol. The Morgan fingerprint density at radius 2 is 2.04 bits per heavy atom. The van der Waals surface area contributed by atoms with Crippen LogP contribution in [0, 0.1) is 6.92 Å². The Balaban J connectivity index is 2.12. The van der Waals surface area contributed by atoms with E-state index in [1.54, 1.807) is 23.3 Å². The van der Waals surface area contributed by atoms with Crippen molar-refractivity contribution in [3.05, 3.63) is 51.5 Å². The first kappa shape index (κ1) is 17.6. The molecule has 0 atom stereocenters. The first-order valence-electron chi connectivity index (χ1n) is 7.92. The van der Waals surface area contributed by atoms with Crippen LogP contribution in [-0.2, 0) is 17.7 Å². The molecule has 0 saturated heterocycles. The summed E-state index contributed by atoms with van der Waals surface area (Å²) in [5, 5.41) is 2.89. The SMILES string of the molecule is CCCc1nc(C(=O)N(CCOC)Cc2ccc(C)cc2)cs1. The van der Waals surface area contributed by atoms with Crippen LogP contribution in [0.2, 0.25) is 0 Å². The van der Waals surface area contributed by atoms with Gasteiger partial charge in [-0.25, -0.2) is 4.98 Å². The smallest absolute Gasteiger partial charge is 0.273 e. The number of aromatic nitrogens is 1. The maximum absolute atomic E-state index is 12.8. The molecule has 0 aliphatic heterocycles. The Bertz CT molecular complexity index is 622. The van der Waals surface area contributed by atoms with Crippen molar-refractivity contribution in [3.8, 4) is 0 Å². The zero-order valence-corrected chi connectivity index (χ0v) is 14.9. The van der Waals surface area contributed by atoms with E-state index in [-0.39, 0.29) is 5.91 Å². The topological polar surface area (TPSA) is 42.4 Å². The normalized spacial score (nSPS) is 10.7. The van der Waals surface area contributed by atoms with E-state index in [1.165, 1.54) is 5.56 Å².